The molecule has 1 saturated heterocycles. The standard InChI is InChI=1S/C27H39BN4O8S5/c1-41-44-23(16-38-20-6-3-5-19(13-20)27(35)32-10-8-29)37-12-11-36-15-22(34)31-9-4-7-28-26-25(21(14-33)39-26)40-24(45-42-2)17-43-18-30/h3,5-6,13,21,23-26,28,33H,8-12,14-17,29H2,1-2H3,(H,31,34)(H,32,35)/t21?,23?,24-,25?,26?/m1/s1. The molecule has 0 aliphatic carbocycles. The lowest BCUT2D eigenvalue weighted by molar-refractivity contribution is -0.222. The lowest BCUT2D eigenvalue weighted by atomic mass is 9.66. The van der Waals surface area contributed by atoms with E-state index in [2.05, 4.69) is 22.4 Å². The van der Waals surface area contributed by atoms with Gasteiger partial charge < -0.3 is 45.2 Å². The van der Waals surface area contributed by atoms with Gasteiger partial charge in [-0.05, 0) is 42.5 Å². The van der Waals surface area contributed by atoms with Crippen LogP contribution in [0.2, 0.25) is 0 Å². The highest BCUT2D eigenvalue weighted by atomic mass is 33.1. The third kappa shape index (κ3) is 16.3. The van der Waals surface area contributed by atoms with Gasteiger partial charge in [-0.3, -0.25) is 9.59 Å². The van der Waals surface area contributed by atoms with Crippen LogP contribution in [0.1, 0.15) is 10.4 Å². The molecular weight excluding hydrogens is 679 g/mol. The highest BCUT2D eigenvalue weighted by Crippen LogP contribution is 2.33. The molecule has 1 aliphatic heterocycles. The van der Waals surface area contributed by atoms with Crippen LogP contribution in [-0.4, -0.2) is 124 Å². The number of rotatable bonds is 23. The first kappa shape index (κ1) is 39.8. The van der Waals surface area contributed by atoms with Gasteiger partial charge in [0, 0.05) is 24.4 Å². The number of aliphatic hydroxyl groups is 1. The van der Waals surface area contributed by atoms with Crippen molar-refractivity contribution in [2.45, 2.75) is 29.1 Å². The second-order valence-electron chi connectivity index (χ2n) is 8.92. The minimum Gasteiger partial charge on any atom is -0.490 e. The molecule has 4 unspecified atom stereocenters. The molecular formula is C27H39BN4O8S5. The molecule has 1 heterocycles. The van der Waals surface area contributed by atoms with Crippen molar-refractivity contribution in [2.75, 3.05) is 70.9 Å². The number of carbonyl (C=O) groups is 2. The van der Waals surface area contributed by atoms with Crippen molar-refractivity contribution in [3.63, 3.8) is 0 Å². The Hall–Kier alpha value is -1.42. The van der Waals surface area contributed by atoms with E-state index in [-0.39, 0.29) is 74.4 Å². The number of nitrogens with one attached hydrogen (secondary N) is 2. The van der Waals surface area contributed by atoms with Crippen molar-refractivity contribution in [3.05, 3.63) is 29.8 Å². The zero-order valence-electron chi connectivity index (χ0n) is 25.1. The van der Waals surface area contributed by atoms with E-state index in [4.69, 9.17) is 34.7 Å². The van der Waals surface area contributed by atoms with E-state index in [1.807, 2.05) is 17.9 Å². The maximum Gasteiger partial charge on any atom is 0.251 e. The number of benzene rings is 1. The van der Waals surface area contributed by atoms with E-state index in [1.165, 1.54) is 32.4 Å². The fourth-order valence-electron chi connectivity index (χ4n) is 3.72. The lowest BCUT2D eigenvalue weighted by Crippen LogP contribution is -2.60. The maximum absolute atomic E-state index is 12.1. The summed E-state index contributed by atoms with van der Waals surface area (Å²) in [6.45, 7) is 1.37. The molecule has 5 N–H and O–H groups in total. The van der Waals surface area contributed by atoms with Gasteiger partial charge in [-0.2, -0.15) is 11.1 Å². The molecule has 2 amide bonds. The SMILES string of the molecule is CSSC(COc1cccc(C(=O)NCCN)c1)OCCOCC(=O)NCC#CBC1OC(CO)C1O[C@@H](CSC#N)SSC. The van der Waals surface area contributed by atoms with Gasteiger partial charge in [-0.1, -0.05) is 55.2 Å². The molecule has 0 spiro atoms. The number of nitriles is 1. The van der Waals surface area contributed by atoms with Gasteiger partial charge >= 0.3 is 0 Å². The number of hydrogen-bond acceptors (Lipinski definition) is 15. The van der Waals surface area contributed by atoms with Gasteiger partial charge in [0.2, 0.25) is 13.2 Å². The topological polar surface area (TPSA) is 174 Å². The molecule has 248 valence electrons. The molecule has 0 radical (unpaired) electrons. The Morgan fingerprint density at radius 3 is 2.73 bits per heavy atom. The van der Waals surface area contributed by atoms with Crippen molar-refractivity contribution in [1.29, 1.82) is 5.26 Å². The second kappa shape index (κ2) is 24.7. The van der Waals surface area contributed by atoms with Crippen LogP contribution in [0.15, 0.2) is 24.3 Å². The normalized spacial score (nSPS) is 18.3. The summed E-state index contributed by atoms with van der Waals surface area (Å²) in [6, 6.07) is 6.60. The van der Waals surface area contributed by atoms with E-state index in [9.17, 15) is 14.7 Å². The van der Waals surface area contributed by atoms with Gasteiger partial charge in [0.25, 0.3) is 5.91 Å². The first-order valence-electron chi connectivity index (χ1n) is 13.9. The van der Waals surface area contributed by atoms with Crippen LogP contribution in [-0.2, 0) is 23.7 Å². The van der Waals surface area contributed by atoms with Gasteiger partial charge in [-0.25, -0.2) is 0 Å². The Morgan fingerprint density at radius 2 is 2.00 bits per heavy atom. The Bertz CT molecular complexity index is 1130. The predicted octanol–water partition coefficient (Wildman–Crippen LogP) is 1.29. The van der Waals surface area contributed by atoms with E-state index < -0.39 is 6.10 Å². The molecule has 18 heteroatoms. The van der Waals surface area contributed by atoms with Crippen molar-refractivity contribution in [2.24, 2.45) is 5.73 Å². The van der Waals surface area contributed by atoms with Crippen molar-refractivity contribution >= 4 is 74.0 Å². The molecule has 0 bridgehead atoms. The van der Waals surface area contributed by atoms with Crippen molar-refractivity contribution in [1.82, 2.24) is 10.6 Å². The van der Waals surface area contributed by atoms with E-state index in [0.29, 0.717) is 37.4 Å². The summed E-state index contributed by atoms with van der Waals surface area (Å²) in [4.78, 5) is 24.2. The van der Waals surface area contributed by atoms with Gasteiger partial charge in [-0.15, -0.1) is 0 Å². The van der Waals surface area contributed by atoms with Crippen LogP contribution in [0, 0.1) is 22.4 Å². The Balaban J connectivity index is 1.63. The van der Waals surface area contributed by atoms with Crippen LogP contribution in [0.25, 0.3) is 0 Å². The lowest BCUT2D eigenvalue weighted by Gasteiger charge is -2.44. The Kier molecular flexibility index (Phi) is 21.8. The van der Waals surface area contributed by atoms with E-state index >= 15 is 0 Å². The quantitative estimate of drug-likeness (QED) is 0.0318. The van der Waals surface area contributed by atoms with Crippen molar-refractivity contribution in [3.8, 4) is 22.9 Å². The third-order valence-electron chi connectivity index (χ3n) is 5.74. The monoisotopic (exact) mass is 718 g/mol. The highest BCUT2D eigenvalue weighted by molar-refractivity contribution is 8.77. The van der Waals surface area contributed by atoms with Crippen LogP contribution in [0.5, 0.6) is 5.75 Å². The molecule has 12 nitrogen and oxygen atoms in total. The molecule has 1 aromatic carbocycles. The minimum absolute atomic E-state index is 0.129. The van der Waals surface area contributed by atoms with Crippen LogP contribution >= 0.6 is 54.9 Å². The number of hydrogen-bond donors (Lipinski definition) is 4. The summed E-state index contributed by atoms with van der Waals surface area (Å²) in [7, 11) is 6.49. The van der Waals surface area contributed by atoms with Crippen molar-refractivity contribution < 1.29 is 38.4 Å². The van der Waals surface area contributed by atoms with E-state index in [1.54, 1.807) is 35.1 Å². The second-order valence-corrected chi connectivity index (χ2v) is 15.0. The maximum atomic E-state index is 12.1. The number of aliphatic hydroxyl groups excluding tert-OH is 1. The van der Waals surface area contributed by atoms with Crippen LogP contribution < -0.4 is 21.1 Å². The summed E-state index contributed by atoms with van der Waals surface area (Å²) < 4.78 is 28.9. The molecule has 1 fully saturated rings. The summed E-state index contributed by atoms with van der Waals surface area (Å²) in [5, 5.41) is 25.8. The average Bonchev–Trinajstić information content (AvgIpc) is 3.04. The molecule has 45 heavy (non-hydrogen) atoms. The Morgan fingerprint density at radius 1 is 1.20 bits per heavy atom. The average molecular weight is 719 g/mol. The number of nitrogens with zero attached hydrogens (tertiary/aromatic N) is 1. The number of amides is 2. The predicted molar refractivity (Wildman–Crippen MR) is 187 cm³/mol. The molecule has 2 rings (SSSR count). The molecule has 0 aromatic heterocycles. The summed E-state index contributed by atoms with van der Waals surface area (Å²) in [6.07, 6.45) is 3.13. The molecule has 0 saturated carbocycles. The molecule has 1 aliphatic rings. The van der Waals surface area contributed by atoms with Gasteiger partial charge in [0.1, 0.15) is 47.4 Å². The zero-order valence-corrected chi connectivity index (χ0v) is 29.2. The fourth-order valence-corrected chi connectivity index (χ4v) is 7.57. The summed E-state index contributed by atoms with van der Waals surface area (Å²) in [5.41, 5.74) is 5.43. The number of nitrogens with two attached hydrogens (primary N) is 1. The largest absolute Gasteiger partial charge is 0.490 e. The number of thioether (sulfide) groups is 1. The number of ether oxygens (including phenoxy) is 5. The molecule has 5 atom stereocenters. The fraction of sp³-hybridized carbons (Fsp3) is 0.593. The van der Waals surface area contributed by atoms with Crippen LogP contribution in [0.3, 0.4) is 0 Å². The first-order valence-corrected chi connectivity index (χ1v) is 20.1. The third-order valence-corrected chi connectivity index (χ3v) is 10.4. The van der Waals surface area contributed by atoms with Gasteiger partial charge in [0.05, 0.1) is 32.4 Å². The Labute approximate surface area is 285 Å². The first-order chi connectivity index (χ1) is 21.9. The van der Waals surface area contributed by atoms with Gasteiger partial charge in [0.15, 0.2) is 0 Å². The highest BCUT2D eigenvalue weighted by Gasteiger charge is 2.44. The minimum atomic E-state index is -0.421. The summed E-state index contributed by atoms with van der Waals surface area (Å²) in [5.74, 6) is 6.42. The number of carbonyl (C=O) groups excluding carboxylic acids is 2. The summed E-state index contributed by atoms with van der Waals surface area (Å²) >= 11 is 1.12. The smallest absolute Gasteiger partial charge is 0.251 e. The zero-order chi connectivity index (χ0) is 32.7. The molecule has 1 aromatic rings. The number of thiocyanates is 1. The van der Waals surface area contributed by atoms with Crippen LogP contribution in [0.4, 0.5) is 0 Å². The van der Waals surface area contributed by atoms with E-state index in [0.717, 1.165) is 11.8 Å².